The van der Waals surface area contributed by atoms with Crippen LogP contribution in [0, 0.1) is 11.8 Å². The van der Waals surface area contributed by atoms with Gasteiger partial charge in [0.15, 0.2) is 0 Å². The fourth-order valence-corrected chi connectivity index (χ4v) is 3.49. The summed E-state index contributed by atoms with van der Waals surface area (Å²) in [4.78, 5) is 14.7. The minimum absolute atomic E-state index is 0.167. The molecule has 0 bridgehead atoms. The van der Waals surface area contributed by atoms with Gasteiger partial charge in [-0.25, -0.2) is 0 Å². The quantitative estimate of drug-likeness (QED) is 0.790. The van der Waals surface area contributed by atoms with Crippen molar-refractivity contribution in [2.45, 2.75) is 44.9 Å². The van der Waals surface area contributed by atoms with Gasteiger partial charge in [-0.3, -0.25) is 4.79 Å². The predicted octanol–water partition coefficient (Wildman–Crippen LogP) is 1.35. The highest BCUT2D eigenvalue weighted by atomic mass is 16.1. The van der Waals surface area contributed by atoms with Crippen LogP contribution in [0.5, 0.6) is 0 Å². The van der Waals surface area contributed by atoms with Gasteiger partial charge in [-0.05, 0) is 51.2 Å². The number of nitrogens with one attached hydrogen (secondary N) is 1. The molecule has 2 unspecified atom stereocenters. The second kappa shape index (κ2) is 7.85. The Morgan fingerprint density at radius 2 is 1.84 bits per heavy atom. The zero-order chi connectivity index (χ0) is 13.5. The molecular weight excluding hydrogens is 238 g/mol. The van der Waals surface area contributed by atoms with Crippen LogP contribution < -0.4 is 11.1 Å². The van der Waals surface area contributed by atoms with Crippen LogP contribution in [0.15, 0.2) is 0 Å². The molecule has 3 N–H and O–H groups in total. The maximum atomic E-state index is 12.2. The van der Waals surface area contributed by atoms with Gasteiger partial charge in [0.1, 0.15) is 0 Å². The van der Waals surface area contributed by atoms with Crippen molar-refractivity contribution < 1.29 is 4.79 Å². The van der Waals surface area contributed by atoms with E-state index in [0.29, 0.717) is 12.5 Å². The van der Waals surface area contributed by atoms with Gasteiger partial charge in [0.2, 0.25) is 5.91 Å². The third kappa shape index (κ3) is 4.46. The highest BCUT2D eigenvalue weighted by Gasteiger charge is 2.29. The lowest BCUT2D eigenvalue weighted by atomic mass is 9.79. The van der Waals surface area contributed by atoms with Gasteiger partial charge in [0.25, 0.3) is 0 Å². The highest BCUT2D eigenvalue weighted by Crippen LogP contribution is 2.29. The van der Waals surface area contributed by atoms with Gasteiger partial charge < -0.3 is 16.0 Å². The van der Waals surface area contributed by atoms with Crippen molar-refractivity contribution in [1.82, 2.24) is 10.2 Å². The number of amides is 1. The third-order valence-corrected chi connectivity index (χ3v) is 4.72. The van der Waals surface area contributed by atoms with Crippen molar-refractivity contribution in [2.24, 2.45) is 17.6 Å². The van der Waals surface area contributed by atoms with Gasteiger partial charge in [0.05, 0.1) is 0 Å². The van der Waals surface area contributed by atoms with Crippen molar-refractivity contribution >= 4 is 5.91 Å². The van der Waals surface area contributed by atoms with Crippen LogP contribution in [0.2, 0.25) is 0 Å². The molecule has 1 aliphatic carbocycles. The molecule has 0 aromatic carbocycles. The minimum Gasteiger partial charge on any atom is -0.355 e. The Bertz CT molecular complexity index is 277. The largest absolute Gasteiger partial charge is 0.355 e. The van der Waals surface area contributed by atoms with Gasteiger partial charge in [-0.1, -0.05) is 19.3 Å². The number of carbonyl (C=O) groups is 1. The van der Waals surface area contributed by atoms with Crippen LogP contribution in [-0.4, -0.2) is 43.5 Å². The highest BCUT2D eigenvalue weighted by molar-refractivity contribution is 5.79. The lowest BCUT2D eigenvalue weighted by molar-refractivity contribution is -0.127. The first-order chi connectivity index (χ1) is 9.31. The topological polar surface area (TPSA) is 58.4 Å². The van der Waals surface area contributed by atoms with Crippen molar-refractivity contribution in [2.75, 3.05) is 32.7 Å². The summed E-state index contributed by atoms with van der Waals surface area (Å²) in [6.07, 6.45) is 8.55. The van der Waals surface area contributed by atoms with Crippen molar-refractivity contribution in [1.29, 1.82) is 0 Å². The van der Waals surface area contributed by atoms with E-state index in [1.165, 1.54) is 45.2 Å². The maximum absolute atomic E-state index is 12.2. The first-order valence-electron chi connectivity index (χ1n) is 8.01. The number of nitrogens with two attached hydrogens (primary N) is 1. The molecule has 1 aliphatic heterocycles. The SMILES string of the molecule is NCC1CCCCC1C(=O)NCCN1CCCCC1. The molecular formula is C15H29N3O. The van der Waals surface area contributed by atoms with Crippen LogP contribution in [0.1, 0.15) is 44.9 Å². The van der Waals surface area contributed by atoms with E-state index in [1.807, 2.05) is 0 Å². The average molecular weight is 267 g/mol. The number of nitrogens with zero attached hydrogens (tertiary/aromatic N) is 1. The Morgan fingerprint density at radius 1 is 1.11 bits per heavy atom. The molecule has 0 aromatic heterocycles. The number of carbonyl (C=O) groups excluding carboxylic acids is 1. The fraction of sp³-hybridized carbons (Fsp3) is 0.933. The first-order valence-corrected chi connectivity index (χ1v) is 8.01. The van der Waals surface area contributed by atoms with Crippen LogP contribution >= 0.6 is 0 Å². The van der Waals surface area contributed by atoms with Crippen molar-refractivity contribution in [3.8, 4) is 0 Å². The monoisotopic (exact) mass is 267 g/mol. The third-order valence-electron chi connectivity index (χ3n) is 4.72. The molecule has 2 aliphatic rings. The van der Waals surface area contributed by atoms with Crippen molar-refractivity contribution in [3.63, 3.8) is 0 Å². The molecule has 0 aromatic rings. The number of rotatable bonds is 5. The Kier molecular flexibility index (Phi) is 6.11. The standard InChI is InChI=1S/C15H29N3O/c16-12-13-6-2-3-7-14(13)15(19)17-8-11-18-9-4-1-5-10-18/h13-14H,1-12,16H2,(H,17,19). The predicted molar refractivity (Wildman–Crippen MR) is 77.8 cm³/mol. The molecule has 19 heavy (non-hydrogen) atoms. The van der Waals surface area contributed by atoms with E-state index < -0.39 is 0 Å². The summed E-state index contributed by atoms with van der Waals surface area (Å²) in [6.45, 7) is 4.86. The van der Waals surface area contributed by atoms with E-state index >= 15 is 0 Å². The smallest absolute Gasteiger partial charge is 0.223 e. The van der Waals surface area contributed by atoms with Crippen LogP contribution in [0.3, 0.4) is 0 Å². The summed E-state index contributed by atoms with van der Waals surface area (Å²) in [5.74, 6) is 0.816. The summed E-state index contributed by atoms with van der Waals surface area (Å²) in [5.41, 5.74) is 5.79. The summed E-state index contributed by atoms with van der Waals surface area (Å²) in [5, 5.41) is 3.13. The number of hydrogen-bond acceptors (Lipinski definition) is 3. The van der Waals surface area contributed by atoms with Crippen molar-refractivity contribution in [3.05, 3.63) is 0 Å². The van der Waals surface area contributed by atoms with Crippen LogP contribution in [0.4, 0.5) is 0 Å². The second-order valence-corrected chi connectivity index (χ2v) is 6.08. The molecule has 110 valence electrons. The van der Waals surface area contributed by atoms with Gasteiger partial charge in [-0.15, -0.1) is 0 Å². The minimum atomic E-state index is 0.167. The lowest BCUT2D eigenvalue weighted by Gasteiger charge is -2.30. The van der Waals surface area contributed by atoms with E-state index in [9.17, 15) is 4.79 Å². The Hall–Kier alpha value is -0.610. The summed E-state index contributed by atoms with van der Waals surface area (Å²) < 4.78 is 0. The van der Waals surface area contributed by atoms with E-state index in [4.69, 9.17) is 5.73 Å². The van der Waals surface area contributed by atoms with E-state index in [1.54, 1.807) is 0 Å². The molecule has 4 nitrogen and oxygen atoms in total. The zero-order valence-electron chi connectivity index (χ0n) is 12.1. The van der Waals surface area contributed by atoms with Gasteiger partial charge in [-0.2, -0.15) is 0 Å². The van der Waals surface area contributed by atoms with Crippen LogP contribution in [0.25, 0.3) is 0 Å². The Balaban J connectivity index is 1.67. The molecule has 4 heteroatoms. The summed E-state index contributed by atoms with van der Waals surface area (Å²) >= 11 is 0. The molecule has 1 heterocycles. The number of likely N-dealkylation sites (tertiary alicyclic amines) is 1. The molecule has 2 fully saturated rings. The Morgan fingerprint density at radius 3 is 2.58 bits per heavy atom. The molecule has 0 spiro atoms. The van der Waals surface area contributed by atoms with Gasteiger partial charge in [0, 0.05) is 19.0 Å². The Labute approximate surface area is 117 Å². The van der Waals surface area contributed by atoms with Gasteiger partial charge >= 0.3 is 0 Å². The normalized spacial score (nSPS) is 29.1. The van der Waals surface area contributed by atoms with Crippen LogP contribution in [-0.2, 0) is 4.79 Å². The molecule has 1 amide bonds. The summed E-state index contributed by atoms with van der Waals surface area (Å²) in [6, 6.07) is 0. The van der Waals surface area contributed by atoms with E-state index in [2.05, 4.69) is 10.2 Å². The zero-order valence-corrected chi connectivity index (χ0v) is 12.1. The summed E-state index contributed by atoms with van der Waals surface area (Å²) in [7, 11) is 0. The molecule has 1 saturated heterocycles. The van der Waals surface area contributed by atoms with E-state index in [-0.39, 0.29) is 11.8 Å². The van der Waals surface area contributed by atoms with E-state index in [0.717, 1.165) is 25.9 Å². The number of piperidine rings is 1. The number of hydrogen-bond donors (Lipinski definition) is 2. The average Bonchev–Trinajstić information content (AvgIpc) is 2.48. The molecule has 2 rings (SSSR count). The lowest BCUT2D eigenvalue weighted by Crippen LogP contribution is -2.43. The fourth-order valence-electron chi connectivity index (χ4n) is 3.49. The maximum Gasteiger partial charge on any atom is 0.223 e. The first kappa shape index (κ1) is 14.8. The second-order valence-electron chi connectivity index (χ2n) is 6.08. The molecule has 1 saturated carbocycles. The molecule has 2 atom stereocenters. The molecule has 0 radical (unpaired) electrons.